The fourth-order valence-corrected chi connectivity index (χ4v) is 2.74. The number of aromatic hydroxyl groups is 1. The van der Waals surface area contributed by atoms with Gasteiger partial charge < -0.3 is 10.4 Å². The van der Waals surface area contributed by atoms with Crippen molar-refractivity contribution < 1.29 is 9.50 Å². The van der Waals surface area contributed by atoms with E-state index < -0.39 is 0 Å². The maximum absolute atomic E-state index is 13.9. The van der Waals surface area contributed by atoms with Crippen LogP contribution in [0.5, 0.6) is 5.75 Å². The van der Waals surface area contributed by atoms with Gasteiger partial charge >= 0.3 is 0 Å². The molecule has 0 aromatic heterocycles. The maximum Gasteiger partial charge on any atom is 0.131 e. The molecule has 0 saturated carbocycles. The molecule has 0 bridgehead atoms. The highest BCUT2D eigenvalue weighted by atomic mass is 35.5. The van der Waals surface area contributed by atoms with Crippen LogP contribution in [0.1, 0.15) is 11.5 Å². The van der Waals surface area contributed by atoms with Gasteiger partial charge in [-0.25, -0.2) is 4.39 Å². The van der Waals surface area contributed by atoms with Gasteiger partial charge in [-0.3, -0.25) is 0 Å². The Balaban J connectivity index is 2.43. The molecule has 88 valence electrons. The van der Waals surface area contributed by atoms with Gasteiger partial charge in [0.2, 0.25) is 0 Å². The van der Waals surface area contributed by atoms with E-state index in [-0.39, 0.29) is 17.5 Å². The van der Waals surface area contributed by atoms with Crippen molar-refractivity contribution in [2.45, 2.75) is 5.92 Å². The van der Waals surface area contributed by atoms with Gasteiger partial charge in [0.25, 0.3) is 0 Å². The fraction of sp³-hybridized carbons (Fsp3) is 0.231. The van der Waals surface area contributed by atoms with Crippen LogP contribution in [-0.2, 0) is 0 Å². The van der Waals surface area contributed by atoms with Crippen LogP contribution < -0.4 is 5.32 Å². The monoisotopic (exact) mass is 251 g/mol. The minimum absolute atomic E-state index is 0.0895. The molecule has 17 heavy (non-hydrogen) atoms. The molecule has 0 aliphatic carbocycles. The van der Waals surface area contributed by atoms with E-state index in [0.29, 0.717) is 23.2 Å². The first-order valence-electron chi connectivity index (χ1n) is 5.46. The maximum atomic E-state index is 13.9. The first-order chi connectivity index (χ1) is 8.22. The summed E-state index contributed by atoms with van der Waals surface area (Å²) in [6.07, 6.45) is 0. The lowest BCUT2D eigenvalue weighted by atomic mass is 9.95. The number of fused-ring (bicyclic) bond motifs is 3. The molecule has 1 atom stereocenters. The van der Waals surface area contributed by atoms with E-state index in [1.807, 2.05) is 0 Å². The van der Waals surface area contributed by atoms with Gasteiger partial charge in [-0.2, -0.15) is 0 Å². The van der Waals surface area contributed by atoms with Gasteiger partial charge in [0.1, 0.15) is 11.6 Å². The van der Waals surface area contributed by atoms with Crippen molar-refractivity contribution in [3.63, 3.8) is 0 Å². The summed E-state index contributed by atoms with van der Waals surface area (Å²) in [6.45, 7) is 0.686. The third kappa shape index (κ3) is 1.46. The van der Waals surface area contributed by atoms with E-state index in [1.165, 1.54) is 6.07 Å². The molecule has 0 saturated heterocycles. The fourth-order valence-electron chi connectivity index (χ4n) is 2.48. The number of rotatable bonds is 1. The topological polar surface area (TPSA) is 32.3 Å². The van der Waals surface area contributed by atoms with Gasteiger partial charge in [0.15, 0.2) is 0 Å². The third-order valence-corrected chi connectivity index (χ3v) is 3.64. The molecule has 2 N–H and O–H groups in total. The number of alkyl halides is 1. The number of nitrogens with one attached hydrogen (secondary N) is 1. The van der Waals surface area contributed by atoms with Crippen molar-refractivity contribution in [2.24, 2.45) is 0 Å². The van der Waals surface area contributed by atoms with E-state index in [0.717, 1.165) is 11.3 Å². The minimum Gasteiger partial charge on any atom is -0.507 e. The lowest BCUT2D eigenvalue weighted by Crippen LogP contribution is -2.03. The van der Waals surface area contributed by atoms with Crippen molar-refractivity contribution in [3.8, 4) is 5.75 Å². The second-order valence-electron chi connectivity index (χ2n) is 4.25. The average Bonchev–Trinajstić information content (AvgIpc) is 2.72. The van der Waals surface area contributed by atoms with E-state index in [2.05, 4.69) is 5.32 Å². The van der Waals surface area contributed by atoms with Crippen molar-refractivity contribution in [2.75, 3.05) is 17.7 Å². The highest BCUT2D eigenvalue weighted by Gasteiger charge is 2.26. The molecule has 0 radical (unpaired) electrons. The first-order valence-corrected chi connectivity index (χ1v) is 5.99. The Hall–Kier alpha value is -1.48. The predicted molar refractivity (Wildman–Crippen MR) is 67.5 cm³/mol. The Labute approximate surface area is 103 Å². The van der Waals surface area contributed by atoms with Gasteiger partial charge in [0.05, 0.1) is 0 Å². The summed E-state index contributed by atoms with van der Waals surface area (Å²) in [4.78, 5) is 0. The zero-order chi connectivity index (χ0) is 12.0. The summed E-state index contributed by atoms with van der Waals surface area (Å²) < 4.78 is 13.9. The summed E-state index contributed by atoms with van der Waals surface area (Å²) in [5, 5.41) is 14.1. The number of phenolic OH excluding ortho intramolecular Hbond substituents is 1. The quantitative estimate of drug-likeness (QED) is 0.761. The summed E-state index contributed by atoms with van der Waals surface area (Å²) in [7, 11) is 0. The number of hydrogen-bond donors (Lipinski definition) is 2. The number of phenols is 1. The lowest BCUT2D eigenvalue weighted by molar-refractivity contribution is 0.481. The van der Waals surface area contributed by atoms with Crippen LogP contribution in [0, 0.1) is 5.82 Å². The van der Waals surface area contributed by atoms with E-state index in [9.17, 15) is 9.50 Å². The zero-order valence-electron chi connectivity index (χ0n) is 9.00. The molecule has 2 aromatic rings. The van der Waals surface area contributed by atoms with Crippen LogP contribution in [0.4, 0.5) is 10.1 Å². The Morgan fingerprint density at radius 3 is 3.06 bits per heavy atom. The Morgan fingerprint density at radius 2 is 2.29 bits per heavy atom. The first kappa shape index (κ1) is 10.7. The van der Waals surface area contributed by atoms with Gasteiger partial charge in [-0.05, 0) is 11.6 Å². The van der Waals surface area contributed by atoms with Gasteiger partial charge in [-0.15, -0.1) is 11.6 Å². The standard InChI is InChI=1S/C13H11ClFNO/c14-5-7-6-16-10-4-11(17)8-2-1-3-9(15)13(8)12(7)10/h1-4,7,16-17H,5-6H2. The van der Waals surface area contributed by atoms with Crippen molar-refractivity contribution in [1.82, 2.24) is 0 Å². The van der Waals surface area contributed by atoms with E-state index in [4.69, 9.17) is 11.6 Å². The SMILES string of the molecule is Oc1cc2c(c3c(F)cccc13)C(CCl)CN2. The average molecular weight is 252 g/mol. The lowest BCUT2D eigenvalue weighted by Gasteiger charge is -2.11. The molecule has 0 spiro atoms. The van der Waals surface area contributed by atoms with Crippen LogP contribution in [0.2, 0.25) is 0 Å². The molecule has 1 heterocycles. The third-order valence-electron chi connectivity index (χ3n) is 3.26. The zero-order valence-corrected chi connectivity index (χ0v) is 9.76. The predicted octanol–water partition coefficient (Wildman–Crippen LogP) is 3.43. The molecule has 2 aromatic carbocycles. The Morgan fingerprint density at radius 1 is 1.47 bits per heavy atom. The van der Waals surface area contributed by atoms with Gasteiger partial charge in [-0.1, -0.05) is 12.1 Å². The number of anilines is 1. The molecular weight excluding hydrogens is 241 g/mol. The second-order valence-corrected chi connectivity index (χ2v) is 4.56. The summed E-state index contributed by atoms with van der Waals surface area (Å²) in [5.41, 5.74) is 1.66. The molecule has 4 heteroatoms. The largest absolute Gasteiger partial charge is 0.507 e. The van der Waals surface area contributed by atoms with Crippen LogP contribution in [-0.4, -0.2) is 17.5 Å². The van der Waals surface area contributed by atoms with Gasteiger partial charge in [0, 0.05) is 40.9 Å². The van der Waals surface area contributed by atoms with Crippen LogP contribution in [0.15, 0.2) is 24.3 Å². The number of halogens is 2. The summed E-state index contributed by atoms with van der Waals surface area (Å²) in [5.74, 6) is 0.315. The van der Waals surface area contributed by atoms with Crippen molar-refractivity contribution >= 4 is 28.1 Å². The number of hydrogen-bond acceptors (Lipinski definition) is 2. The van der Waals surface area contributed by atoms with E-state index in [1.54, 1.807) is 18.2 Å². The number of benzene rings is 2. The molecule has 1 aliphatic rings. The van der Waals surface area contributed by atoms with Crippen LogP contribution >= 0.6 is 11.6 Å². The highest BCUT2D eigenvalue weighted by molar-refractivity contribution is 6.18. The molecule has 3 rings (SSSR count). The van der Waals surface area contributed by atoms with E-state index >= 15 is 0 Å². The minimum atomic E-state index is -0.312. The molecule has 1 unspecified atom stereocenters. The Kier molecular flexibility index (Phi) is 2.37. The van der Waals surface area contributed by atoms with Crippen molar-refractivity contribution in [3.05, 3.63) is 35.6 Å². The molecular formula is C13H11ClFNO. The molecule has 0 amide bonds. The normalized spacial score (nSPS) is 18.1. The Bertz CT molecular complexity index is 599. The van der Waals surface area contributed by atoms with Crippen molar-refractivity contribution in [1.29, 1.82) is 0 Å². The highest BCUT2D eigenvalue weighted by Crippen LogP contribution is 2.42. The molecule has 1 aliphatic heterocycles. The van der Waals surface area contributed by atoms with Crippen LogP contribution in [0.3, 0.4) is 0 Å². The summed E-state index contributed by atoms with van der Waals surface area (Å²) >= 11 is 5.90. The smallest absolute Gasteiger partial charge is 0.131 e. The molecule has 2 nitrogen and oxygen atoms in total. The molecule has 0 fully saturated rings. The second kappa shape index (κ2) is 3.77. The van der Waals surface area contributed by atoms with Crippen LogP contribution in [0.25, 0.3) is 10.8 Å². The summed E-state index contributed by atoms with van der Waals surface area (Å²) in [6, 6.07) is 6.37.